The van der Waals surface area contributed by atoms with Gasteiger partial charge in [0.05, 0.1) is 31.3 Å². The molecule has 136 valence electrons. The number of oxazole rings is 1. The lowest BCUT2D eigenvalue weighted by atomic mass is 10.1. The predicted molar refractivity (Wildman–Crippen MR) is 97.1 cm³/mol. The summed E-state index contributed by atoms with van der Waals surface area (Å²) in [6.45, 7) is 2.26. The minimum atomic E-state index is -0.0670. The normalized spacial score (nSPS) is 14.9. The monoisotopic (exact) mass is 364 g/mol. The number of rotatable bonds is 2. The number of hydrogen-bond donors (Lipinski definition) is 1. The molecule has 3 aromatic heterocycles. The van der Waals surface area contributed by atoms with Crippen LogP contribution in [0.1, 0.15) is 10.5 Å². The Balaban J connectivity index is 1.56. The first-order chi connectivity index (χ1) is 13.2. The Kier molecular flexibility index (Phi) is 3.54. The first-order valence-corrected chi connectivity index (χ1v) is 8.55. The minimum Gasteiger partial charge on any atom is -0.424 e. The van der Waals surface area contributed by atoms with Gasteiger partial charge in [0, 0.05) is 24.8 Å². The van der Waals surface area contributed by atoms with Crippen LogP contribution in [-0.4, -0.2) is 56.5 Å². The van der Waals surface area contributed by atoms with Crippen molar-refractivity contribution in [1.82, 2.24) is 24.3 Å². The van der Waals surface area contributed by atoms with Crippen molar-refractivity contribution < 1.29 is 13.9 Å². The fourth-order valence-corrected chi connectivity index (χ4v) is 3.23. The summed E-state index contributed by atoms with van der Waals surface area (Å²) in [7, 11) is 0. The van der Waals surface area contributed by atoms with Crippen molar-refractivity contribution in [3.63, 3.8) is 0 Å². The second kappa shape index (κ2) is 6.06. The Morgan fingerprint density at radius 2 is 2.00 bits per heavy atom. The van der Waals surface area contributed by atoms with Crippen molar-refractivity contribution >= 4 is 28.7 Å². The molecule has 1 saturated heterocycles. The van der Waals surface area contributed by atoms with Crippen LogP contribution >= 0.6 is 0 Å². The van der Waals surface area contributed by atoms with Gasteiger partial charge < -0.3 is 19.8 Å². The topological polar surface area (TPSA) is 112 Å². The van der Waals surface area contributed by atoms with Crippen molar-refractivity contribution in [3.05, 3.63) is 42.5 Å². The molecule has 0 saturated carbocycles. The summed E-state index contributed by atoms with van der Waals surface area (Å²) < 4.78 is 12.4. The molecule has 0 atom stereocenters. The highest BCUT2D eigenvalue weighted by atomic mass is 16.5. The quantitative estimate of drug-likeness (QED) is 0.575. The van der Waals surface area contributed by atoms with Crippen molar-refractivity contribution in [3.8, 4) is 11.3 Å². The average molecular weight is 364 g/mol. The van der Waals surface area contributed by atoms with Gasteiger partial charge in [0.1, 0.15) is 11.2 Å². The molecule has 1 aliphatic heterocycles. The van der Waals surface area contributed by atoms with E-state index in [1.807, 2.05) is 12.1 Å². The second-order valence-corrected chi connectivity index (χ2v) is 6.28. The molecule has 5 rings (SSSR count). The van der Waals surface area contributed by atoms with E-state index in [4.69, 9.17) is 14.9 Å². The fraction of sp³-hybridized carbons (Fsp3) is 0.222. The summed E-state index contributed by atoms with van der Waals surface area (Å²) in [5.41, 5.74) is 9.53. The third-order valence-electron chi connectivity index (χ3n) is 4.61. The number of nitrogen functional groups attached to an aromatic ring is 1. The number of carbonyl (C=O) groups excluding carboxylic acids is 1. The summed E-state index contributed by atoms with van der Waals surface area (Å²) in [6, 6.07) is 5.65. The Morgan fingerprint density at radius 1 is 1.15 bits per heavy atom. The summed E-state index contributed by atoms with van der Waals surface area (Å²) in [6.07, 6.45) is 5.04. The van der Waals surface area contributed by atoms with E-state index in [0.717, 1.165) is 5.56 Å². The minimum absolute atomic E-state index is 0.0670. The van der Waals surface area contributed by atoms with E-state index in [2.05, 4.69) is 15.0 Å². The highest BCUT2D eigenvalue weighted by Crippen LogP contribution is 2.25. The number of imidazole rings is 1. The van der Waals surface area contributed by atoms with Crippen LogP contribution in [-0.2, 0) is 4.74 Å². The van der Waals surface area contributed by atoms with E-state index in [-0.39, 0.29) is 11.9 Å². The number of amides is 1. The zero-order valence-corrected chi connectivity index (χ0v) is 14.3. The molecular weight excluding hydrogens is 348 g/mol. The van der Waals surface area contributed by atoms with Crippen LogP contribution in [0.25, 0.3) is 28.0 Å². The number of ether oxygens (including phenoxy) is 1. The van der Waals surface area contributed by atoms with Crippen molar-refractivity contribution in [1.29, 1.82) is 0 Å². The number of hydrogen-bond acceptors (Lipinski definition) is 7. The SMILES string of the molecule is Nc1nc2cc(-c3cn4c(C(=O)N5CCOCC5)cnc4cn3)ccc2o1. The van der Waals surface area contributed by atoms with Crippen molar-refractivity contribution in [2.45, 2.75) is 0 Å². The molecule has 1 aromatic carbocycles. The maximum atomic E-state index is 12.9. The molecule has 2 N–H and O–H groups in total. The molecular formula is C18H16N6O3. The van der Waals surface area contributed by atoms with Gasteiger partial charge in [-0.25, -0.2) is 4.98 Å². The molecule has 9 nitrogen and oxygen atoms in total. The Morgan fingerprint density at radius 3 is 2.85 bits per heavy atom. The smallest absolute Gasteiger partial charge is 0.292 e. The second-order valence-electron chi connectivity index (χ2n) is 6.28. The van der Waals surface area contributed by atoms with Gasteiger partial charge in [-0.1, -0.05) is 0 Å². The molecule has 0 unspecified atom stereocenters. The molecule has 0 radical (unpaired) electrons. The zero-order chi connectivity index (χ0) is 18.4. The van der Waals surface area contributed by atoms with Gasteiger partial charge >= 0.3 is 0 Å². The molecule has 1 amide bonds. The Hall–Kier alpha value is -3.46. The Labute approximate surface area is 153 Å². The third kappa shape index (κ3) is 2.68. The van der Waals surface area contributed by atoms with Gasteiger partial charge in [0.25, 0.3) is 11.9 Å². The molecule has 1 fully saturated rings. The lowest BCUT2D eigenvalue weighted by molar-refractivity contribution is 0.0298. The van der Waals surface area contributed by atoms with Crippen LogP contribution < -0.4 is 5.73 Å². The number of nitrogens with two attached hydrogens (primary N) is 1. The fourth-order valence-electron chi connectivity index (χ4n) is 3.23. The number of fused-ring (bicyclic) bond motifs is 2. The van der Waals surface area contributed by atoms with E-state index in [0.29, 0.717) is 54.4 Å². The molecule has 9 heteroatoms. The van der Waals surface area contributed by atoms with Crippen LogP contribution in [0.3, 0.4) is 0 Å². The number of aromatic nitrogens is 4. The lowest BCUT2D eigenvalue weighted by Gasteiger charge is -2.26. The zero-order valence-electron chi connectivity index (χ0n) is 14.3. The number of benzene rings is 1. The Bertz CT molecular complexity index is 1160. The maximum absolute atomic E-state index is 12.9. The summed E-state index contributed by atoms with van der Waals surface area (Å²) in [5.74, 6) is -0.0670. The molecule has 1 aliphatic rings. The molecule has 0 aliphatic carbocycles. The first kappa shape index (κ1) is 15.8. The maximum Gasteiger partial charge on any atom is 0.292 e. The number of morpholine rings is 1. The van der Waals surface area contributed by atoms with Crippen LogP contribution in [0, 0.1) is 0 Å². The van der Waals surface area contributed by atoms with Crippen LogP contribution in [0.4, 0.5) is 6.01 Å². The predicted octanol–water partition coefficient (Wildman–Crippen LogP) is 1.59. The van der Waals surface area contributed by atoms with Gasteiger partial charge in [-0.3, -0.25) is 14.2 Å². The van der Waals surface area contributed by atoms with Gasteiger partial charge in [-0.15, -0.1) is 0 Å². The lowest BCUT2D eigenvalue weighted by Crippen LogP contribution is -2.41. The highest BCUT2D eigenvalue weighted by Gasteiger charge is 2.22. The van der Waals surface area contributed by atoms with Crippen molar-refractivity contribution in [2.24, 2.45) is 0 Å². The van der Waals surface area contributed by atoms with E-state index in [1.165, 1.54) is 0 Å². The average Bonchev–Trinajstić information content (AvgIpc) is 3.29. The van der Waals surface area contributed by atoms with Gasteiger partial charge in [-0.05, 0) is 18.2 Å². The van der Waals surface area contributed by atoms with Gasteiger partial charge in [0.15, 0.2) is 11.2 Å². The number of anilines is 1. The first-order valence-electron chi connectivity index (χ1n) is 8.55. The van der Waals surface area contributed by atoms with Crippen molar-refractivity contribution in [2.75, 3.05) is 32.0 Å². The number of carbonyl (C=O) groups is 1. The summed E-state index contributed by atoms with van der Waals surface area (Å²) in [5, 5.41) is 0. The molecule has 4 aromatic rings. The highest BCUT2D eigenvalue weighted by molar-refractivity contribution is 5.93. The summed E-state index contributed by atoms with van der Waals surface area (Å²) in [4.78, 5) is 27.5. The molecule has 27 heavy (non-hydrogen) atoms. The molecule has 4 heterocycles. The third-order valence-corrected chi connectivity index (χ3v) is 4.61. The van der Waals surface area contributed by atoms with Crippen LogP contribution in [0.5, 0.6) is 0 Å². The van der Waals surface area contributed by atoms with E-state index >= 15 is 0 Å². The number of nitrogens with zero attached hydrogens (tertiary/aromatic N) is 5. The molecule has 0 bridgehead atoms. The van der Waals surface area contributed by atoms with E-state index in [1.54, 1.807) is 34.0 Å². The van der Waals surface area contributed by atoms with E-state index in [9.17, 15) is 4.79 Å². The molecule has 0 spiro atoms. The largest absolute Gasteiger partial charge is 0.424 e. The van der Waals surface area contributed by atoms with Gasteiger partial charge in [-0.2, -0.15) is 4.98 Å². The van der Waals surface area contributed by atoms with E-state index < -0.39 is 0 Å². The summed E-state index contributed by atoms with van der Waals surface area (Å²) >= 11 is 0. The van der Waals surface area contributed by atoms with Crippen LogP contribution in [0.15, 0.2) is 41.2 Å². The van der Waals surface area contributed by atoms with Gasteiger partial charge in [0.2, 0.25) is 0 Å². The standard InChI is InChI=1S/C18H16N6O3/c19-18-22-12-7-11(1-2-15(12)27-18)13-10-24-14(8-21-16(24)9-20-13)17(25)23-3-5-26-6-4-23/h1-2,7-10H,3-6H2,(H2,19,22). The van der Waals surface area contributed by atoms with Crippen LogP contribution in [0.2, 0.25) is 0 Å².